The van der Waals surface area contributed by atoms with Crippen LogP contribution in [0.15, 0.2) is 30.3 Å². The van der Waals surface area contributed by atoms with Gasteiger partial charge < -0.3 is 0 Å². The Labute approximate surface area is 86.4 Å². The molecule has 1 heteroatoms. The summed E-state index contributed by atoms with van der Waals surface area (Å²) in [7, 11) is 0. The van der Waals surface area contributed by atoms with Gasteiger partial charge in [0.05, 0.1) is 11.5 Å². The Bertz CT molecular complexity index is 310. The van der Waals surface area contributed by atoms with E-state index in [1.54, 1.807) is 0 Å². The van der Waals surface area contributed by atoms with Gasteiger partial charge >= 0.3 is 0 Å². The van der Waals surface area contributed by atoms with Gasteiger partial charge in [-0.25, -0.2) is 0 Å². The lowest BCUT2D eigenvalue weighted by Gasteiger charge is -2.21. The second-order valence-corrected chi connectivity index (χ2v) is 3.91. The first-order chi connectivity index (χ1) is 6.73. The molecule has 0 heterocycles. The average Bonchev–Trinajstić information content (AvgIpc) is 2.27. The van der Waals surface area contributed by atoms with Crippen molar-refractivity contribution in [1.29, 1.82) is 5.26 Å². The molecule has 0 aliphatic heterocycles. The molecule has 74 valence electrons. The zero-order valence-corrected chi connectivity index (χ0v) is 8.96. The van der Waals surface area contributed by atoms with Crippen LogP contribution in [0.2, 0.25) is 0 Å². The molecule has 0 aromatic heterocycles. The third-order valence-electron chi connectivity index (χ3n) is 2.69. The second kappa shape index (κ2) is 4.81. The van der Waals surface area contributed by atoms with E-state index in [0.717, 1.165) is 24.8 Å². The molecule has 0 aliphatic carbocycles. The minimum Gasteiger partial charge on any atom is -0.197 e. The van der Waals surface area contributed by atoms with Crippen LogP contribution in [0.3, 0.4) is 0 Å². The fourth-order valence-electron chi connectivity index (χ4n) is 1.60. The van der Waals surface area contributed by atoms with Crippen molar-refractivity contribution >= 4 is 0 Å². The summed E-state index contributed by atoms with van der Waals surface area (Å²) in [6.45, 7) is 4.18. The Morgan fingerprint density at radius 2 is 1.93 bits per heavy atom. The Hall–Kier alpha value is -1.29. The van der Waals surface area contributed by atoms with Gasteiger partial charge in [0, 0.05) is 0 Å². The molecular weight excluding hydrogens is 170 g/mol. The van der Waals surface area contributed by atoms with Crippen LogP contribution in [-0.4, -0.2) is 0 Å². The summed E-state index contributed by atoms with van der Waals surface area (Å²) in [5.41, 5.74) is 0.827. The topological polar surface area (TPSA) is 23.8 Å². The quantitative estimate of drug-likeness (QED) is 0.705. The molecule has 1 aromatic carbocycles. The van der Waals surface area contributed by atoms with Gasteiger partial charge in [-0.1, -0.05) is 50.1 Å². The minimum absolute atomic E-state index is 0.308. The second-order valence-electron chi connectivity index (χ2n) is 3.91. The van der Waals surface area contributed by atoms with Crippen molar-refractivity contribution in [3.63, 3.8) is 0 Å². The molecule has 1 aromatic rings. The molecule has 0 aliphatic rings. The molecule has 0 saturated carbocycles. The van der Waals surface area contributed by atoms with Crippen LogP contribution in [0.5, 0.6) is 0 Å². The highest BCUT2D eigenvalue weighted by atomic mass is 14.4. The molecule has 0 radical (unpaired) electrons. The van der Waals surface area contributed by atoms with Crippen LogP contribution >= 0.6 is 0 Å². The molecule has 14 heavy (non-hydrogen) atoms. The highest BCUT2D eigenvalue weighted by molar-refractivity contribution is 5.30. The molecule has 0 saturated heterocycles. The van der Waals surface area contributed by atoms with E-state index in [0.29, 0.717) is 0 Å². The van der Waals surface area contributed by atoms with Crippen molar-refractivity contribution in [2.45, 2.75) is 38.5 Å². The van der Waals surface area contributed by atoms with E-state index < -0.39 is 0 Å². The lowest BCUT2D eigenvalue weighted by atomic mass is 9.80. The highest BCUT2D eigenvalue weighted by Crippen LogP contribution is 2.28. The van der Waals surface area contributed by atoms with Crippen LogP contribution in [0.4, 0.5) is 0 Å². The number of hydrogen-bond acceptors (Lipinski definition) is 1. The Kier molecular flexibility index (Phi) is 3.71. The summed E-state index contributed by atoms with van der Waals surface area (Å²) in [6.07, 6.45) is 3.20. The van der Waals surface area contributed by atoms with Crippen molar-refractivity contribution in [2.24, 2.45) is 0 Å². The molecule has 1 unspecified atom stereocenters. The third kappa shape index (κ3) is 2.35. The number of rotatable bonds is 4. The van der Waals surface area contributed by atoms with Crippen LogP contribution in [0.25, 0.3) is 0 Å². The fraction of sp³-hybridized carbons (Fsp3) is 0.462. The molecule has 1 nitrogen and oxygen atoms in total. The van der Waals surface area contributed by atoms with E-state index in [2.05, 4.69) is 13.0 Å². The molecule has 0 fully saturated rings. The monoisotopic (exact) mass is 187 g/mol. The van der Waals surface area contributed by atoms with Crippen molar-refractivity contribution in [3.8, 4) is 6.07 Å². The number of nitrogens with zero attached hydrogens (tertiary/aromatic N) is 1. The highest BCUT2D eigenvalue weighted by Gasteiger charge is 2.24. The maximum absolute atomic E-state index is 9.22. The van der Waals surface area contributed by atoms with Gasteiger partial charge in [0.1, 0.15) is 0 Å². The van der Waals surface area contributed by atoms with Gasteiger partial charge in [0.25, 0.3) is 0 Å². The molecule has 0 bridgehead atoms. The van der Waals surface area contributed by atoms with E-state index >= 15 is 0 Å². The number of nitriles is 1. The van der Waals surface area contributed by atoms with Gasteiger partial charge in [-0.15, -0.1) is 0 Å². The molecular formula is C13H17N. The predicted molar refractivity (Wildman–Crippen MR) is 58.9 cm³/mol. The zero-order valence-electron chi connectivity index (χ0n) is 8.96. The Balaban J connectivity index is 2.86. The van der Waals surface area contributed by atoms with Crippen LogP contribution in [0.1, 0.15) is 38.7 Å². The van der Waals surface area contributed by atoms with Gasteiger partial charge in [-0.2, -0.15) is 5.26 Å². The third-order valence-corrected chi connectivity index (χ3v) is 2.69. The van der Waals surface area contributed by atoms with E-state index in [1.807, 2.05) is 37.3 Å². The smallest absolute Gasteiger partial charge is 0.0794 e. The van der Waals surface area contributed by atoms with E-state index in [-0.39, 0.29) is 5.41 Å². The van der Waals surface area contributed by atoms with E-state index in [9.17, 15) is 5.26 Å². The number of unbranched alkanes of at least 4 members (excludes halogenated alkanes) is 1. The minimum atomic E-state index is -0.308. The first kappa shape index (κ1) is 10.8. The van der Waals surface area contributed by atoms with Gasteiger partial charge in [-0.05, 0) is 18.9 Å². The molecule has 0 spiro atoms. The van der Waals surface area contributed by atoms with Gasteiger partial charge in [0.15, 0.2) is 0 Å². The SMILES string of the molecule is CCCCC(C)(C#N)c1ccccc1. The van der Waals surface area contributed by atoms with Crippen LogP contribution < -0.4 is 0 Å². The van der Waals surface area contributed by atoms with Crippen LogP contribution in [-0.2, 0) is 5.41 Å². The van der Waals surface area contributed by atoms with Crippen LogP contribution in [0, 0.1) is 11.3 Å². The molecule has 0 amide bonds. The number of hydrogen-bond donors (Lipinski definition) is 0. The summed E-state index contributed by atoms with van der Waals surface area (Å²) in [5.74, 6) is 0. The molecule has 1 rings (SSSR count). The average molecular weight is 187 g/mol. The van der Waals surface area contributed by atoms with Crippen molar-refractivity contribution in [3.05, 3.63) is 35.9 Å². The Morgan fingerprint density at radius 1 is 1.29 bits per heavy atom. The fourth-order valence-corrected chi connectivity index (χ4v) is 1.60. The normalized spacial score (nSPS) is 14.4. The Morgan fingerprint density at radius 3 is 2.43 bits per heavy atom. The molecule has 1 atom stereocenters. The lowest BCUT2D eigenvalue weighted by molar-refractivity contribution is 0.522. The summed E-state index contributed by atoms with van der Waals surface area (Å²) >= 11 is 0. The maximum Gasteiger partial charge on any atom is 0.0794 e. The van der Waals surface area contributed by atoms with Crippen molar-refractivity contribution in [2.75, 3.05) is 0 Å². The standard InChI is InChI=1S/C13H17N/c1-3-4-10-13(2,11-14)12-8-6-5-7-9-12/h5-9H,3-4,10H2,1-2H3. The molecule has 0 N–H and O–H groups in total. The number of benzene rings is 1. The summed E-state index contributed by atoms with van der Waals surface area (Å²) < 4.78 is 0. The van der Waals surface area contributed by atoms with Crippen molar-refractivity contribution < 1.29 is 0 Å². The predicted octanol–water partition coefficient (Wildman–Crippen LogP) is 3.66. The first-order valence-corrected chi connectivity index (χ1v) is 5.19. The van der Waals surface area contributed by atoms with Gasteiger partial charge in [0.2, 0.25) is 0 Å². The first-order valence-electron chi connectivity index (χ1n) is 5.19. The lowest BCUT2D eigenvalue weighted by Crippen LogP contribution is -2.19. The maximum atomic E-state index is 9.22. The summed E-state index contributed by atoms with van der Waals surface area (Å²) in [5, 5.41) is 9.22. The van der Waals surface area contributed by atoms with Crippen molar-refractivity contribution in [1.82, 2.24) is 0 Å². The largest absolute Gasteiger partial charge is 0.197 e. The van der Waals surface area contributed by atoms with E-state index in [4.69, 9.17) is 0 Å². The summed E-state index contributed by atoms with van der Waals surface area (Å²) in [4.78, 5) is 0. The zero-order chi connectivity index (χ0) is 10.4. The van der Waals surface area contributed by atoms with Gasteiger partial charge in [-0.3, -0.25) is 0 Å². The van der Waals surface area contributed by atoms with E-state index in [1.165, 1.54) is 0 Å². The summed E-state index contributed by atoms with van der Waals surface area (Å²) in [6, 6.07) is 12.5.